The smallest absolute Gasteiger partial charge is 0.276 e. The molecule has 4 heterocycles. The Labute approximate surface area is 203 Å². The van der Waals surface area contributed by atoms with Crippen molar-refractivity contribution in [3.05, 3.63) is 69.5 Å². The van der Waals surface area contributed by atoms with Crippen molar-refractivity contribution in [2.75, 3.05) is 19.6 Å². The standard InChI is InChI=1S/C24H21ClF2N6O2/c1-31-23(34)22-17(8-29-31)20(3-2-18(22)25)35-16-6-24(7-16)11-32(12-24)9-15(26)4-14-5-21-30-28-13-33(21)10-19(14)27/h2-5,8,10,13,16H,6-7,9,11-12H2,1H3/b15-4-. The lowest BCUT2D eigenvalue weighted by atomic mass is 9.61. The number of pyridine rings is 1. The fourth-order valence-corrected chi connectivity index (χ4v) is 5.47. The fraction of sp³-hybridized carbons (Fsp3) is 0.333. The second-order valence-corrected chi connectivity index (χ2v) is 9.87. The minimum atomic E-state index is -0.533. The van der Waals surface area contributed by atoms with Crippen molar-refractivity contribution in [1.82, 2.24) is 29.3 Å². The second-order valence-electron chi connectivity index (χ2n) is 9.47. The summed E-state index contributed by atoms with van der Waals surface area (Å²) in [6.45, 7) is 1.63. The first-order chi connectivity index (χ1) is 16.8. The van der Waals surface area contributed by atoms with Crippen molar-refractivity contribution in [1.29, 1.82) is 0 Å². The lowest BCUT2D eigenvalue weighted by Crippen LogP contribution is -2.64. The summed E-state index contributed by atoms with van der Waals surface area (Å²) in [7, 11) is 1.58. The van der Waals surface area contributed by atoms with Crippen LogP contribution in [0.4, 0.5) is 8.78 Å². The number of halogens is 3. The van der Waals surface area contributed by atoms with Crippen LogP contribution in [0.5, 0.6) is 5.75 Å². The first-order valence-electron chi connectivity index (χ1n) is 11.2. The van der Waals surface area contributed by atoms with Crippen LogP contribution < -0.4 is 10.3 Å². The van der Waals surface area contributed by atoms with Crippen molar-refractivity contribution in [3.8, 4) is 5.75 Å². The van der Waals surface area contributed by atoms with Crippen LogP contribution in [-0.2, 0) is 7.05 Å². The molecule has 11 heteroatoms. The number of benzene rings is 1. The lowest BCUT2D eigenvalue weighted by Gasteiger charge is -2.58. The van der Waals surface area contributed by atoms with Crippen molar-refractivity contribution >= 4 is 34.1 Å². The van der Waals surface area contributed by atoms with E-state index in [1.165, 1.54) is 33.7 Å². The molecule has 180 valence electrons. The monoisotopic (exact) mass is 498 g/mol. The first-order valence-corrected chi connectivity index (χ1v) is 11.6. The third-order valence-electron chi connectivity index (χ3n) is 6.86. The maximum absolute atomic E-state index is 14.6. The third kappa shape index (κ3) is 3.86. The SMILES string of the molecule is Cn1ncc2c(OC3CC4(C3)CN(C/C(F)=C/c3cc5nncn5cc3F)C4)ccc(Cl)c2c1=O. The molecule has 4 aromatic rings. The molecule has 2 aliphatic rings. The third-order valence-corrected chi connectivity index (χ3v) is 7.17. The molecule has 1 aromatic carbocycles. The average molecular weight is 499 g/mol. The zero-order valence-electron chi connectivity index (χ0n) is 18.8. The van der Waals surface area contributed by atoms with Gasteiger partial charge in [-0.05, 0) is 37.1 Å². The normalized spacial score (nSPS) is 18.2. The van der Waals surface area contributed by atoms with Gasteiger partial charge in [-0.15, -0.1) is 10.2 Å². The number of fused-ring (bicyclic) bond motifs is 2. The summed E-state index contributed by atoms with van der Waals surface area (Å²) in [6, 6.07) is 4.90. The number of nitrogens with zero attached hydrogens (tertiary/aromatic N) is 6. The summed E-state index contributed by atoms with van der Waals surface area (Å²) in [5, 5.41) is 13.0. The molecule has 0 atom stereocenters. The van der Waals surface area contributed by atoms with Crippen molar-refractivity contribution < 1.29 is 13.5 Å². The Morgan fingerprint density at radius 2 is 2.14 bits per heavy atom. The van der Waals surface area contributed by atoms with Gasteiger partial charge in [0.1, 0.15) is 23.7 Å². The number of aryl methyl sites for hydroxylation is 1. The molecule has 2 fully saturated rings. The van der Waals surface area contributed by atoms with Gasteiger partial charge in [-0.2, -0.15) is 5.10 Å². The Balaban J connectivity index is 1.07. The van der Waals surface area contributed by atoms with Crippen LogP contribution in [0.2, 0.25) is 5.02 Å². The van der Waals surface area contributed by atoms with Crippen LogP contribution in [0.25, 0.3) is 22.5 Å². The Bertz CT molecular complexity index is 1550. The number of aromatic nitrogens is 5. The summed E-state index contributed by atoms with van der Waals surface area (Å²) in [5.74, 6) is -0.350. The molecule has 0 bridgehead atoms. The predicted octanol–water partition coefficient (Wildman–Crippen LogP) is 3.62. The zero-order chi connectivity index (χ0) is 24.3. The van der Waals surface area contributed by atoms with Gasteiger partial charge in [0.2, 0.25) is 0 Å². The van der Waals surface area contributed by atoms with E-state index in [0.717, 1.165) is 25.9 Å². The van der Waals surface area contributed by atoms with Gasteiger partial charge in [0.15, 0.2) is 5.65 Å². The highest BCUT2D eigenvalue weighted by Crippen LogP contribution is 2.50. The van der Waals surface area contributed by atoms with E-state index in [-0.39, 0.29) is 29.2 Å². The van der Waals surface area contributed by atoms with Crippen LogP contribution in [-0.4, -0.2) is 55.0 Å². The van der Waals surface area contributed by atoms with Crippen LogP contribution >= 0.6 is 11.6 Å². The highest BCUT2D eigenvalue weighted by molar-refractivity contribution is 6.35. The molecule has 35 heavy (non-hydrogen) atoms. The van der Waals surface area contributed by atoms with Crippen LogP contribution in [0.15, 0.2) is 47.5 Å². The van der Waals surface area contributed by atoms with Gasteiger partial charge in [-0.25, -0.2) is 13.5 Å². The van der Waals surface area contributed by atoms with Crippen LogP contribution in [0.3, 0.4) is 0 Å². The molecule has 0 radical (unpaired) electrons. The molecule has 1 aliphatic carbocycles. The van der Waals surface area contributed by atoms with Gasteiger partial charge >= 0.3 is 0 Å². The minimum Gasteiger partial charge on any atom is -0.490 e. The highest BCUT2D eigenvalue weighted by Gasteiger charge is 2.53. The fourth-order valence-electron chi connectivity index (χ4n) is 5.22. The molecule has 3 aromatic heterocycles. The first kappa shape index (κ1) is 22.1. The van der Waals surface area contributed by atoms with E-state index in [9.17, 15) is 13.6 Å². The van der Waals surface area contributed by atoms with Crippen LogP contribution in [0, 0.1) is 11.2 Å². The van der Waals surface area contributed by atoms with Gasteiger partial charge in [0.05, 0.1) is 34.6 Å². The number of ether oxygens (including phenoxy) is 1. The maximum Gasteiger partial charge on any atom is 0.276 e. The van der Waals surface area contributed by atoms with E-state index in [2.05, 4.69) is 15.3 Å². The Morgan fingerprint density at radius 1 is 1.34 bits per heavy atom. The number of rotatable bonds is 5. The molecule has 1 aliphatic heterocycles. The molecule has 1 spiro atoms. The summed E-state index contributed by atoms with van der Waals surface area (Å²) in [6.07, 6.45) is 7.13. The molecular formula is C24H21ClF2N6O2. The maximum atomic E-state index is 14.6. The molecule has 0 unspecified atom stereocenters. The zero-order valence-corrected chi connectivity index (χ0v) is 19.5. The van der Waals surface area contributed by atoms with Gasteiger partial charge < -0.3 is 4.74 Å². The van der Waals surface area contributed by atoms with E-state index in [1.807, 2.05) is 4.90 Å². The Hall–Kier alpha value is -3.37. The van der Waals surface area contributed by atoms with E-state index in [1.54, 1.807) is 25.4 Å². The van der Waals surface area contributed by atoms with E-state index >= 15 is 0 Å². The quantitative estimate of drug-likeness (QED) is 0.418. The van der Waals surface area contributed by atoms with Crippen molar-refractivity contribution in [2.45, 2.75) is 18.9 Å². The lowest BCUT2D eigenvalue weighted by molar-refractivity contribution is -0.116. The molecule has 1 saturated heterocycles. The highest BCUT2D eigenvalue weighted by atomic mass is 35.5. The van der Waals surface area contributed by atoms with Gasteiger partial charge in [0.25, 0.3) is 5.56 Å². The van der Waals surface area contributed by atoms with E-state index < -0.39 is 11.6 Å². The van der Waals surface area contributed by atoms with E-state index in [4.69, 9.17) is 16.3 Å². The summed E-state index contributed by atoms with van der Waals surface area (Å²) < 4.78 is 37.7. The van der Waals surface area contributed by atoms with Crippen molar-refractivity contribution in [2.24, 2.45) is 12.5 Å². The molecule has 0 amide bonds. The van der Waals surface area contributed by atoms with Crippen LogP contribution in [0.1, 0.15) is 18.4 Å². The average Bonchev–Trinajstić information content (AvgIpc) is 3.21. The minimum absolute atomic E-state index is 0.00921. The molecule has 1 saturated carbocycles. The topological polar surface area (TPSA) is 77.6 Å². The van der Waals surface area contributed by atoms with Gasteiger partial charge in [-0.3, -0.25) is 14.1 Å². The summed E-state index contributed by atoms with van der Waals surface area (Å²) in [4.78, 5) is 14.4. The number of hydrogen-bond acceptors (Lipinski definition) is 6. The molecule has 8 nitrogen and oxygen atoms in total. The Morgan fingerprint density at radius 3 is 2.94 bits per heavy atom. The van der Waals surface area contributed by atoms with Gasteiger partial charge in [-0.1, -0.05) is 11.6 Å². The molecular weight excluding hydrogens is 478 g/mol. The second kappa shape index (κ2) is 8.10. The summed E-state index contributed by atoms with van der Waals surface area (Å²) >= 11 is 6.24. The summed E-state index contributed by atoms with van der Waals surface area (Å²) in [5.41, 5.74) is 0.440. The Kier molecular flexibility index (Phi) is 5.12. The number of hydrogen-bond donors (Lipinski definition) is 0. The molecule has 0 N–H and O–H groups in total. The molecule has 6 rings (SSSR count). The largest absolute Gasteiger partial charge is 0.490 e. The predicted molar refractivity (Wildman–Crippen MR) is 127 cm³/mol. The van der Waals surface area contributed by atoms with E-state index in [0.29, 0.717) is 27.2 Å². The number of likely N-dealkylation sites (tertiary alicyclic amines) is 1. The van der Waals surface area contributed by atoms with Gasteiger partial charge in [0, 0.05) is 37.3 Å². The van der Waals surface area contributed by atoms with Crippen molar-refractivity contribution in [3.63, 3.8) is 0 Å².